The van der Waals surface area contributed by atoms with Crippen molar-refractivity contribution in [3.63, 3.8) is 0 Å². The summed E-state index contributed by atoms with van der Waals surface area (Å²) < 4.78 is 2.64. The molecule has 0 bridgehead atoms. The van der Waals surface area contributed by atoms with Crippen molar-refractivity contribution in [1.82, 2.24) is 20.2 Å². The fourth-order valence-corrected chi connectivity index (χ4v) is 3.97. The van der Waals surface area contributed by atoms with Crippen LogP contribution in [0.5, 0.6) is 0 Å². The number of amides is 1. The van der Waals surface area contributed by atoms with Crippen LogP contribution in [0, 0.1) is 0 Å². The maximum atomic E-state index is 12.6. The summed E-state index contributed by atoms with van der Waals surface area (Å²) in [5.41, 5.74) is 2.91. The summed E-state index contributed by atoms with van der Waals surface area (Å²) in [4.78, 5) is 12.6. The summed E-state index contributed by atoms with van der Waals surface area (Å²) in [6.45, 7) is 0. The number of para-hydroxylation sites is 1. The van der Waals surface area contributed by atoms with E-state index in [1.165, 1.54) is 11.8 Å². The van der Waals surface area contributed by atoms with E-state index in [1.807, 2.05) is 42.5 Å². The normalized spacial score (nSPS) is 16.8. The van der Waals surface area contributed by atoms with Crippen LogP contribution in [0.25, 0.3) is 5.69 Å². The number of aromatic nitrogens is 4. The van der Waals surface area contributed by atoms with E-state index in [9.17, 15) is 4.79 Å². The molecule has 4 rings (SSSR count). The van der Waals surface area contributed by atoms with Gasteiger partial charge in [0.1, 0.15) is 0 Å². The van der Waals surface area contributed by atoms with Crippen LogP contribution < -0.4 is 5.32 Å². The highest BCUT2D eigenvalue weighted by molar-refractivity contribution is 9.10. The minimum absolute atomic E-state index is 0.0136. The second-order valence-electron chi connectivity index (χ2n) is 5.64. The van der Waals surface area contributed by atoms with E-state index in [4.69, 9.17) is 0 Å². The molecule has 6 nitrogen and oxygen atoms in total. The number of thioether (sulfide) groups is 1. The number of nitrogens with zero attached hydrogens (tertiary/aromatic N) is 4. The van der Waals surface area contributed by atoms with Crippen LogP contribution in [0.1, 0.15) is 12.0 Å². The van der Waals surface area contributed by atoms with E-state index in [-0.39, 0.29) is 11.2 Å². The Labute approximate surface area is 157 Å². The average molecular weight is 416 g/mol. The molecule has 1 N–H and O–H groups in total. The Kier molecular flexibility index (Phi) is 4.54. The Morgan fingerprint density at radius 2 is 1.96 bits per heavy atom. The molecule has 8 heteroatoms. The van der Waals surface area contributed by atoms with Gasteiger partial charge in [-0.2, -0.15) is 4.68 Å². The molecular weight excluding hydrogens is 402 g/mol. The molecule has 1 aromatic heterocycles. The lowest BCUT2D eigenvalue weighted by molar-refractivity contribution is -0.115. The number of tetrazole rings is 1. The van der Waals surface area contributed by atoms with Crippen LogP contribution in [0.15, 0.2) is 58.2 Å². The van der Waals surface area contributed by atoms with Crippen molar-refractivity contribution in [2.45, 2.75) is 23.2 Å². The highest BCUT2D eigenvalue weighted by Crippen LogP contribution is 2.31. The molecule has 1 aliphatic heterocycles. The van der Waals surface area contributed by atoms with Gasteiger partial charge < -0.3 is 5.32 Å². The predicted molar refractivity (Wildman–Crippen MR) is 99.9 cm³/mol. The minimum Gasteiger partial charge on any atom is -0.325 e. The lowest BCUT2D eigenvalue weighted by Gasteiger charge is -2.12. The monoisotopic (exact) mass is 415 g/mol. The fraction of sp³-hybridized carbons (Fsp3) is 0.176. The zero-order chi connectivity index (χ0) is 17.2. The summed E-state index contributed by atoms with van der Waals surface area (Å²) in [6.07, 6.45) is 1.58. The molecule has 2 heterocycles. The van der Waals surface area contributed by atoms with E-state index >= 15 is 0 Å². The Morgan fingerprint density at radius 3 is 2.80 bits per heavy atom. The Morgan fingerprint density at radius 1 is 1.16 bits per heavy atom. The first kappa shape index (κ1) is 16.3. The summed E-state index contributed by atoms with van der Waals surface area (Å²) in [6, 6.07) is 15.6. The Hall–Kier alpha value is -2.19. The largest absolute Gasteiger partial charge is 0.325 e. The quantitative estimate of drug-likeness (QED) is 0.708. The number of aryl methyl sites for hydroxylation is 1. The van der Waals surface area contributed by atoms with Gasteiger partial charge in [0.25, 0.3) is 0 Å². The topological polar surface area (TPSA) is 72.7 Å². The number of halogens is 1. The van der Waals surface area contributed by atoms with Crippen molar-refractivity contribution in [1.29, 1.82) is 0 Å². The number of rotatable bonds is 3. The second-order valence-corrected chi connectivity index (χ2v) is 7.73. The first-order valence-electron chi connectivity index (χ1n) is 7.80. The first-order valence-corrected chi connectivity index (χ1v) is 9.48. The predicted octanol–water partition coefficient (Wildman–Crippen LogP) is 3.47. The maximum absolute atomic E-state index is 12.6. The van der Waals surface area contributed by atoms with Gasteiger partial charge in [-0.3, -0.25) is 4.79 Å². The van der Waals surface area contributed by atoms with Crippen LogP contribution in [0.3, 0.4) is 0 Å². The van der Waals surface area contributed by atoms with E-state index < -0.39 is 0 Å². The number of nitrogens with one attached hydrogen (secondary N) is 1. The highest BCUT2D eigenvalue weighted by atomic mass is 79.9. The summed E-state index contributed by atoms with van der Waals surface area (Å²) >= 11 is 4.81. The average Bonchev–Trinajstić information content (AvgIpc) is 3.02. The third-order valence-electron chi connectivity index (χ3n) is 4.00. The molecule has 1 aliphatic rings. The number of fused-ring (bicyclic) bond motifs is 1. The van der Waals surface area contributed by atoms with Crippen molar-refractivity contribution >= 4 is 39.3 Å². The van der Waals surface area contributed by atoms with Gasteiger partial charge in [0.15, 0.2) is 0 Å². The SMILES string of the molecule is O=C1Nc2ccccc2CC[C@@H]1Sc1nnnn1-c1ccc(Br)cc1. The van der Waals surface area contributed by atoms with E-state index in [2.05, 4.69) is 42.8 Å². The first-order chi connectivity index (χ1) is 12.2. The molecule has 1 amide bonds. The molecule has 0 spiro atoms. The van der Waals surface area contributed by atoms with Crippen LogP contribution in [0.4, 0.5) is 5.69 Å². The van der Waals surface area contributed by atoms with E-state index in [1.54, 1.807) is 4.68 Å². The maximum Gasteiger partial charge on any atom is 0.237 e. The van der Waals surface area contributed by atoms with Gasteiger partial charge in [-0.15, -0.1) is 5.10 Å². The standard InChI is InChI=1S/C17H14BrN5OS/c18-12-6-8-13(9-7-12)23-17(20-21-22-23)25-15-10-5-11-3-1-2-4-14(11)19-16(15)24/h1-4,6-9,15H,5,10H2,(H,19,24)/t15-/m0/s1. The summed E-state index contributed by atoms with van der Waals surface area (Å²) in [5, 5.41) is 15.3. The van der Waals surface area contributed by atoms with Gasteiger partial charge in [-0.1, -0.05) is 45.9 Å². The van der Waals surface area contributed by atoms with E-state index in [0.29, 0.717) is 5.16 Å². The van der Waals surface area contributed by atoms with Crippen molar-refractivity contribution in [2.24, 2.45) is 0 Å². The van der Waals surface area contributed by atoms with Gasteiger partial charge in [0.05, 0.1) is 10.9 Å². The zero-order valence-electron chi connectivity index (χ0n) is 13.1. The molecule has 126 valence electrons. The summed E-state index contributed by atoms with van der Waals surface area (Å²) in [5.74, 6) is -0.0136. The lowest BCUT2D eigenvalue weighted by atomic mass is 10.1. The van der Waals surface area contributed by atoms with Gasteiger partial charge in [0, 0.05) is 10.2 Å². The fourth-order valence-electron chi connectivity index (χ4n) is 2.73. The molecule has 0 saturated carbocycles. The molecule has 1 atom stereocenters. The zero-order valence-corrected chi connectivity index (χ0v) is 15.5. The van der Waals surface area contributed by atoms with Gasteiger partial charge in [-0.05, 0) is 59.2 Å². The molecule has 0 unspecified atom stereocenters. The number of hydrogen-bond acceptors (Lipinski definition) is 5. The molecular formula is C17H14BrN5OS. The Balaban J connectivity index is 1.56. The highest BCUT2D eigenvalue weighted by Gasteiger charge is 2.26. The smallest absolute Gasteiger partial charge is 0.237 e. The molecule has 0 fully saturated rings. The third-order valence-corrected chi connectivity index (χ3v) is 5.73. The Bertz CT molecular complexity index is 911. The number of benzene rings is 2. The molecule has 0 saturated heterocycles. The molecule has 0 aliphatic carbocycles. The minimum atomic E-state index is -0.243. The van der Waals surface area contributed by atoms with Gasteiger partial charge in [0.2, 0.25) is 11.1 Å². The lowest BCUT2D eigenvalue weighted by Crippen LogP contribution is -2.24. The molecule has 2 aromatic carbocycles. The number of carbonyl (C=O) groups is 1. The molecule has 3 aromatic rings. The van der Waals surface area contributed by atoms with Gasteiger partial charge in [-0.25, -0.2) is 0 Å². The van der Waals surface area contributed by atoms with Crippen molar-refractivity contribution in [3.05, 3.63) is 58.6 Å². The number of hydrogen-bond donors (Lipinski definition) is 1. The van der Waals surface area contributed by atoms with Crippen molar-refractivity contribution in [2.75, 3.05) is 5.32 Å². The van der Waals surface area contributed by atoms with Crippen LogP contribution >= 0.6 is 27.7 Å². The van der Waals surface area contributed by atoms with Crippen LogP contribution in [-0.4, -0.2) is 31.4 Å². The van der Waals surface area contributed by atoms with Crippen molar-refractivity contribution < 1.29 is 4.79 Å². The van der Waals surface area contributed by atoms with Gasteiger partial charge >= 0.3 is 0 Å². The van der Waals surface area contributed by atoms with Crippen LogP contribution in [-0.2, 0) is 11.2 Å². The third kappa shape index (κ3) is 3.45. The number of anilines is 1. The number of carbonyl (C=O) groups excluding carboxylic acids is 1. The van der Waals surface area contributed by atoms with E-state index in [0.717, 1.165) is 34.3 Å². The van der Waals surface area contributed by atoms with Crippen molar-refractivity contribution in [3.8, 4) is 5.69 Å². The van der Waals surface area contributed by atoms with Crippen LogP contribution in [0.2, 0.25) is 0 Å². The molecule has 25 heavy (non-hydrogen) atoms. The summed E-state index contributed by atoms with van der Waals surface area (Å²) in [7, 11) is 0. The molecule has 0 radical (unpaired) electrons. The second kappa shape index (κ2) is 6.97.